The van der Waals surface area contributed by atoms with E-state index in [0.717, 1.165) is 16.7 Å². The topological polar surface area (TPSA) is 98.5 Å². The standard InChI is InChI=1S/C19H28N2O4/c1-7-16(22)15(21-18(24)25-19(4,5)6)10-14-11(2)8-13(17(20)23)9-12(14)3/h8-9,15H,7,10H2,1-6H3,(H2,20,23)(H,21,24)/t15-/m0/s1. The lowest BCUT2D eigenvalue weighted by molar-refractivity contribution is -0.120. The lowest BCUT2D eigenvalue weighted by Crippen LogP contribution is -2.44. The molecule has 0 aliphatic carbocycles. The number of benzene rings is 1. The van der Waals surface area contributed by atoms with Crippen LogP contribution in [-0.2, 0) is 16.0 Å². The Morgan fingerprint density at radius 1 is 1.16 bits per heavy atom. The van der Waals surface area contributed by atoms with Crippen LogP contribution in [0.2, 0.25) is 0 Å². The number of aryl methyl sites for hydroxylation is 2. The number of carbonyl (C=O) groups excluding carboxylic acids is 3. The summed E-state index contributed by atoms with van der Waals surface area (Å²) in [6, 6.07) is 2.72. The number of hydrogen-bond acceptors (Lipinski definition) is 4. The smallest absolute Gasteiger partial charge is 0.408 e. The molecule has 0 heterocycles. The van der Waals surface area contributed by atoms with E-state index in [9.17, 15) is 14.4 Å². The molecule has 0 unspecified atom stereocenters. The van der Waals surface area contributed by atoms with Gasteiger partial charge in [0.05, 0.1) is 6.04 Å². The fourth-order valence-electron chi connectivity index (χ4n) is 2.60. The lowest BCUT2D eigenvalue weighted by Gasteiger charge is -2.24. The Labute approximate surface area is 149 Å². The highest BCUT2D eigenvalue weighted by atomic mass is 16.6. The average molecular weight is 348 g/mol. The number of rotatable bonds is 6. The number of alkyl carbamates (subject to hydrolysis) is 1. The summed E-state index contributed by atoms with van der Waals surface area (Å²) >= 11 is 0. The molecular weight excluding hydrogens is 320 g/mol. The number of amides is 2. The molecule has 0 fully saturated rings. The van der Waals surface area contributed by atoms with Crippen molar-refractivity contribution in [1.29, 1.82) is 0 Å². The molecule has 0 saturated heterocycles. The zero-order valence-electron chi connectivity index (χ0n) is 15.9. The van der Waals surface area contributed by atoms with E-state index in [0.29, 0.717) is 18.4 Å². The van der Waals surface area contributed by atoms with Gasteiger partial charge >= 0.3 is 6.09 Å². The van der Waals surface area contributed by atoms with Crippen molar-refractivity contribution >= 4 is 17.8 Å². The van der Waals surface area contributed by atoms with Gasteiger partial charge in [0.2, 0.25) is 5.91 Å². The van der Waals surface area contributed by atoms with Gasteiger partial charge in [0.15, 0.2) is 5.78 Å². The van der Waals surface area contributed by atoms with Crippen molar-refractivity contribution in [3.05, 3.63) is 34.4 Å². The third-order valence-corrected chi connectivity index (χ3v) is 3.82. The van der Waals surface area contributed by atoms with Crippen molar-refractivity contribution < 1.29 is 19.1 Å². The Hall–Kier alpha value is -2.37. The van der Waals surface area contributed by atoms with Crippen LogP contribution in [0.4, 0.5) is 4.79 Å². The minimum atomic E-state index is -0.684. The molecule has 1 atom stereocenters. The van der Waals surface area contributed by atoms with Gasteiger partial charge in [-0.1, -0.05) is 6.92 Å². The lowest BCUT2D eigenvalue weighted by atomic mass is 9.92. The quantitative estimate of drug-likeness (QED) is 0.826. The summed E-state index contributed by atoms with van der Waals surface area (Å²) in [7, 11) is 0. The van der Waals surface area contributed by atoms with Crippen molar-refractivity contribution in [3.8, 4) is 0 Å². The van der Waals surface area contributed by atoms with Gasteiger partial charge in [-0.2, -0.15) is 0 Å². The summed E-state index contributed by atoms with van der Waals surface area (Å²) in [5.74, 6) is -0.575. The van der Waals surface area contributed by atoms with E-state index in [1.54, 1.807) is 39.8 Å². The molecule has 1 aromatic rings. The molecule has 0 spiro atoms. The molecule has 0 aliphatic heterocycles. The highest BCUT2D eigenvalue weighted by Crippen LogP contribution is 2.19. The molecule has 0 aliphatic rings. The summed E-state index contributed by atoms with van der Waals surface area (Å²) in [6.07, 6.45) is 0.0176. The van der Waals surface area contributed by atoms with E-state index >= 15 is 0 Å². The zero-order valence-corrected chi connectivity index (χ0v) is 15.9. The third-order valence-electron chi connectivity index (χ3n) is 3.82. The van der Waals surface area contributed by atoms with E-state index in [1.807, 2.05) is 13.8 Å². The first-order valence-corrected chi connectivity index (χ1v) is 8.36. The third kappa shape index (κ3) is 6.21. The van der Waals surface area contributed by atoms with Crippen LogP contribution in [0.15, 0.2) is 12.1 Å². The molecule has 0 bridgehead atoms. The molecule has 0 radical (unpaired) electrons. The van der Waals surface area contributed by atoms with Crippen molar-refractivity contribution in [2.75, 3.05) is 0 Å². The summed E-state index contributed by atoms with van der Waals surface area (Å²) in [4.78, 5) is 35.7. The van der Waals surface area contributed by atoms with Crippen molar-refractivity contribution in [3.63, 3.8) is 0 Å². The van der Waals surface area contributed by atoms with Gasteiger partial charge in [-0.3, -0.25) is 9.59 Å². The number of ketones is 1. The first-order chi connectivity index (χ1) is 11.4. The molecule has 1 aromatic carbocycles. The monoisotopic (exact) mass is 348 g/mol. The van der Waals surface area contributed by atoms with Gasteiger partial charge in [0, 0.05) is 18.4 Å². The second-order valence-electron chi connectivity index (χ2n) is 7.18. The van der Waals surface area contributed by atoms with Crippen LogP contribution in [0.1, 0.15) is 61.2 Å². The molecule has 6 heteroatoms. The Morgan fingerprint density at radius 3 is 2.08 bits per heavy atom. The number of carbonyl (C=O) groups is 3. The maximum Gasteiger partial charge on any atom is 0.408 e. The Balaban J connectivity index is 3.05. The summed E-state index contributed by atoms with van der Waals surface area (Å²) in [5.41, 5.74) is 7.74. The summed E-state index contributed by atoms with van der Waals surface area (Å²) < 4.78 is 5.25. The number of hydrogen-bond donors (Lipinski definition) is 2. The van der Waals surface area contributed by atoms with E-state index in [-0.39, 0.29) is 5.78 Å². The molecule has 0 saturated carbocycles. The van der Waals surface area contributed by atoms with Crippen molar-refractivity contribution in [2.45, 2.75) is 66.0 Å². The largest absolute Gasteiger partial charge is 0.444 e. The van der Waals surface area contributed by atoms with Gasteiger partial charge in [0.1, 0.15) is 5.60 Å². The van der Waals surface area contributed by atoms with E-state index < -0.39 is 23.6 Å². The number of ether oxygens (including phenoxy) is 1. The fraction of sp³-hybridized carbons (Fsp3) is 0.526. The molecule has 1 rings (SSSR count). The highest BCUT2D eigenvalue weighted by molar-refractivity contribution is 5.93. The summed E-state index contributed by atoms with van der Waals surface area (Å²) in [5, 5.41) is 2.66. The van der Waals surface area contributed by atoms with Gasteiger partial charge in [-0.15, -0.1) is 0 Å². The molecule has 138 valence electrons. The second-order valence-corrected chi connectivity index (χ2v) is 7.18. The Kier molecular flexibility index (Phi) is 6.73. The van der Waals surface area contributed by atoms with Crippen LogP contribution in [0, 0.1) is 13.8 Å². The van der Waals surface area contributed by atoms with Gasteiger partial charge in [0.25, 0.3) is 0 Å². The SMILES string of the molecule is CCC(=O)[C@H](Cc1c(C)cc(C(N)=O)cc1C)NC(=O)OC(C)(C)C. The van der Waals surface area contributed by atoms with Crippen molar-refractivity contribution in [2.24, 2.45) is 5.73 Å². The second kappa shape index (κ2) is 8.14. The van der Waals surface area contributed by atoms with E-state index in [4.69, 9.17) is 10.5 Å². The highest BCUT2D eigenvalue weighted by Gasteiger charge is 2.25. The average Bonchev–Trinajstić information content (AvgIpc) is 2.46. The van der Waals surface area contributed by atoms with Crippen molar-refractivity contribution in [1.82, 2.24) is 5.32 Å². The normalized spacial score (nSPS) is 12.4. The minimum Gasteiger partial charge on any atom is -0.444 e. The summed E-state index contributed by atoms with van der Waals surface area (Å²) in [6.45, 7) is 10.8. The molecular formula is C19H28N2O4. The Morgan fingerprint density at radius 2 is 1.68 bits per heavy atom. The van der Waals surface area contributed by atoms with Crippen LogP contribution in [0.5, 0.6) is 0 Å². The molecule has 3 N–H and O–H groups in total. The first kappa shape index (κ1) is 20.7. The zero-order chi connectivity index (χ0) is 19.4. The number of nitrogens with two attached hydrogens (primary N) is 1. The van der Waals surface area contributed by atoms with Gasteiger partial charge in [-0.05, 0) is 63.4 Å². The molecule has 0 aromatic heterocycles. The van der Waals surface area contributed by atoms with E-state index in [2.05, 4.69) is 5.32 Å². The van der Waals surface area contributed by atoms with E-state index in [1.165, 1.54) is 0 Å². The van der Waals surface area contributed by atoms with Gasteiger partial charge in [-0.25, -0.2) is 4.79 Å². The molecule has 2 amide bonds. The molecule has 6 nitrogen and oxygen atoms in total. The predicted molar refractivity (Wildman–Crippen MR) is 96.6 cm³/mol. The van der Waals surface area contributed by atoms with Crippen LogP contribution in [0.25, 0.3) is 0 Å². The fourth-order valence-corrected chi connectivity index (χ4v) is 2.60. The first-order valence-electron chi connectivity index (χ1n) is 8.36. The Bertz CT molecular complexity index is 651. The van der Waals surface area contributed by atoms with Crippen LogP contribution in [0.3, 0.4) is 0 Å². The maximum atomic E-state index is 12.3. The number of Topliss-reactive ketones (excluding diaryl/α,β-unsaturated/α-hetero) is 1. The number of nitrogens with one attached hydrogen (secondary N) is 1. The molecule has 25 heavy (non-hydrogen) atoms. The van der Waals surface area contributed by atoms with Crippen LogP contribution in [-0.4, -0.2) is 29.4 Å². The van der Waals surface area contributed by atoms with Crippen LogP contribution < -0.4 is 11.1 Å². The van der Waals surface area contributed by atoms with Crippen LogP contribution >= 0.6 is 0 Å². The predicted octanol–water partition coefficient (Wildman–Crippen LogP) is 2.82. The maximum absolute atomic E-state index is 12.3. The minimum absolute atomic E-state index is 0.0800. The number of primary amides is 1. The van der Waals surface area contributed by atoms with Gasteiger partial charge < -0.3 is 15.8 Å².